The van der Waals surface area contributed by atoms with E-state index >= 15 is 0 Å². The number of carboxylic acids is 1. The number of hydrogen-bond acceptors (Lipinski definition) is 8. The van der Waals surface area contributed by atoms with Crippen LogP contribution in [0.15, 0.2) is 97.1 Å². The second kappa shape index (κ2) is 17.9. The summed E-state index contributed by atoms with van der Waals surface area (Å²) in [4.78, 5) is 52.3. The molecule has 9 heteroatoms. The van der Waals surface area contributed by atoms with Crippen LogP contribution in [0.2, 0.25) is 0 Å². The van der Waals surface area contributed by atoms with Crippen LogP contribution in [0.5, 0.6) is 11.5 Å². The van der Waals surface area contributed by atoms with Gasteiger partial charge in [-0.2, -0.15) is 0 Å². The third kappa shape index (κ3) is 9.00. The SMILES string of the molecule is O=C(CCc1ccc2c(c1)C(c1ccccc1)C(=O)O2)OCCCCCCCCCCN1CCC(c2ccc3c(c2)C(c2ccccc2)C(=O)O3)[C@H]1C(=O)O. The van der Waals surface area contributed by atoms with Crippen molar-refractivity contribution in [3.8, 4) is 11.5 Å². The molecule has 4 aromatic carbocycles. The normalized spacial score (nSPS) is 20.1. The van der Waals surface area contributed by atoms with Gasteiger partial charge in [0.05, 0.1) is 6.61 Å². The molecule has 9 nitrogen and oxygen atoms in total. The number of fused-ring (bicyclic) bond motifs is 2. The molecule has 3 aliphatic rings. The van der Waals surface area contributed by atoms with E-state index in [-0.39, 0.29) is 30.2 Å². The molecule has 0 bridgehead atoms. The molecule has 3 aliphatic heterocycles. The molecule has 0 radical (unpaired) electrons. The number of benzene rings is 4. The van der Waals surface area contributed by atoms with E-state index in [2.05, 4.69) is 4.90 Å². The van der Waals surface area contributed by atoms with Gasteiger partial charge in [0.15, 0.2) is 0 Å². The summed E-state index contributed by atoms with van der Waals surface area (Å²) in [7, 11) is 0. The number of aliphatic carboxylic acids is 1. The largest absolute Gasteiger partial charge is 0.480 e. The first-order chi connectivity index (χ1) is 26.9. The van der Waals surface area contributed by atoms with Gasteiger partial charge in [0.1, 0.15) is 29.4 Å². The Morgan fingerprint density at radius 3 is 1.85 bits per heavy atom. The van der Waals surface area contributed by atoms with Crippen LogP contribution in [0.1, 0.15) is 115 Å². The van der Waals surface area contributed by atoms with E-state index in [9.17, 15) is 24.3 Å². The Bertz CT molecular complexity index is 1980. The smallest absolute Gasteiger partial charge is 0.323 e. The van der Waals surface area contributed by atoms with Crippen LogP contribution >= 0.6 is 0 Å². The minimum Gasteiger partial charge on any atom is -0.480 e. The molecule has 286 valence electrons. The van der Waals surface area contributed by atoms with Gasteiger partial charge in [0.25, 0.3) is 0 Å². The number of likely N-dealkylation sites (tertiary alicyclic amines) is 1. The van der Waals surface area contributed by atoms with Gasteiger partial charge in [-0.1, -0.05) is 123 Å². The van der Waals surface area contributed by atoms with Crippen LogP contribution in [-0.2, 0) is 30.3 Å². The number of rotatable bonds is 18. The van der Waals surface area contributed by atoms with Crippen molar-refractivity contribution in [1.29, 1.82) is 0 Å². The van der Waals surface area contributed by atoms with Crippen molar-refractivity contribution in [2.24, 2.45) is 0 Å². The monoisotopic (exact) mass is 743 g/mol. The summed E-state index contributed by atoms with van der Waals surface area (Å²) in [6, 6.07) is 30.0. The summed E-state index contributed by atoms with van der Waals surface area (Å²) in [5, 5.41) is 10.3. The topological polar surface area (TPSA) is 119 Å². The maximum Gasteiger partial charge on any atom is 0.323 e. The first kappa shape index (κ1) is 38.0. The summed E-state index contributed by atoms with van der Waals surface area (Å²) in [6.07, 6.45) is 9.92. The van der Waals surface area contributed by atoms with Gasteiger partial charge in [-0.25, -0.2) is 0 Å². The molecule has 7 rings (SSSR count). The molecule has 4 aromatic rings. The van der Waals surface area contributed by atoms with Gasteiger partial charge < -0.3 is 19.3 Å². The van der Waals surface area contributed by atoms with E-state index in [4.69, 9.17) is 14.2 Å². The Morgan fingerprint density at radius 2 is 1.24 bits per heavy atom. The maximum absolute atomic E-state index is 12.8. The molecule has 1 fully saturated rings. The summed E-state index contributed by atoms with van der Waals surface area (Å²) in [5.74, 6) is -1.52. The van der Waals surface area contributed by atoms with Crippen molar-refractivity contribution < 1.29 is 38.5 Å². The number of esters is 3. The first-order valence-corrected chi connectivity index (χ1v) is 19.8. The Labute approximate surface area is 322 Å². The van der Waals surface area contributed by atoms with Crippen LogP contribution in [0.3, 0.4) is 0 Å². The minimum absolute atomic E-state index is 0.143. The van der Waals surface area contributed by atoms with E-state index in [0.717, 1.165) is 104 Å². The molecular formula is C46H49NO8. The second-order valence-electron chi connectivity index (χ2n) is 15.0. The molecule has 3 unspecified atom stereocenters. The van der Waals surface area contributed by atoms with Gasteiger partial charge in [0, 0.05) is 23.5 Å². The summed E-state index contributed by atoms with van der Waals surface area (Å²) in [5.41, 5.74) is 5.35. The predicted octanol–water partition coefficient (Wildman–Crippen LogP) is 8.33. The van der Waals surface area contributed by atoms with Crippen LogP contribution in [0, 0.1) is 0 Å². The second-order valence-corrected chi connectivity index (χ2v) is 15.0. The Hall–Kier alpha value is -5.28. The van der Waals surface area contributed by atoms with Gasteiger partial charge in [-0.05, 0) is 73.2 Å². The molecular weight excluding hydrogens is 695 g/mol. The Balaban J connectivity index is 0.760. The van der Waals surface area contributed by atoms with Crippen molar-refractivity contribution in [3.63, 3.8) is 0 Å². The van der Waals surface area contributed by atoms with Gasteiger partial charge in [-0.15, -0.1) is 0 Å². The fraction of sp³-hybridized carbons (Fsp3) is 0.391. The molecule has 4 atom stereocenters. The lowest BCUT2D eigenvalue weighted by molar-refractivity contribution is -0.144. The average Bonchev–Trinajstić information content (AvgIpc) is 3.88. The molecule has 0 aliphatic carbocycles. The van der Waals surface area contributed by atoms with E-state index in [1.807, 2.05) is 97.1 Å². The quantitative estimate of drug-likeness (QED) is 0.0610. The van der Waals surface area contributed by atoms with Crippen molar-refractivity contribution in [2.45, 2.75) is 94.4 Å². The lowest BCUT2D eigenvalue weighted by Gasteiger charge is -2.25. The third-order valence-electron chi connectivity index (χ3n) is 11.3. The summed E-state index contributed by atoms with van der Waals surface area (Å²) >= 11 is 0. The summed E-state index contributed by atoms with van der Waals surface area (Å²) in [6.45, 7) is 1.92. The van der Waals surface area contributed by atoms with Crippen LogP contribution in [0.25, 0.3) is 0 Å². The lowest BCUT2D eigenvalue weighted by Crippen LogP contribution is -2.39. The van der Waals surface area contributed by atoms with Crippen molar-refractivity contribution >= 4 is 23.9 Å². The highest BCUT2D eigenvalue weighted by Crippen LogP contribution is 2.43. The molecule has 0 spiro atoms. The van der Waals surface area contributed by atoms with E-state index in [1.165, 1.54) is 0 Å². The zero-order chi connectivity index (χ0) is 38.1. The molecule has 0 saturated carbocycles. The zero-order valence-corrected chi connectivity index (χ0v) is 31.2. The van der Waals surface area contributed by atoms with E-state index in [1.54, 1.807) is 0 Å². The van der Waals surface area contributed by atoms with Crippen LogP contribution in [0.4, 0.5) is 0 Å². The number of unbranched alkanes of at least 4 members (excludes halogenated alkanes) is 7. The highest BCUT2D eigenvalue weighted by atomic mass is 16.5. The van der Waals surface area contributed by atoms with Gasteiger partial charge >= 0.3 is 23.9 Å². The molecule has 0 amide bonds. The molecule has 1 N–H and O–H groups in total. The van der Waals surface area contributed by atoms with Crippen molar-refractivity contribution in [2.75, 3.05) is 19.7 Å². The minimum atomic E-state index is -0.800. The molecule has 3 heterocycles. The number of nitrogens with zero attached hydrogens (tertiary/aromatic N) is 1. The number of ether oxygens (including phenoxy) is 3. The first-order valence-electron chi connectivity index (χ1n) is 19.8. The standard InChI is InChI=1S/C46H49NO8/c48-40(24-20-31-19-22-38-36(29-31)41(45(51)54-38)32-15-9-7-10-16-32)53-28-14-6-4-2-1-3-5-13-26-47-27-25-35(43(47)44(49)50)34-21-23-39-37(30-34)42(46(52)55-39)33-17-11-8-12-18-33/h7-12,15-19,21-23,29-30,35,41-43H,1-6,13-14,20,24-28H2,(H,49,50)/t35?,41?,42?,43-/m0/s1. The predicted molar refractivity (Wildman–Crippen MR) is 207 cm³/mol. The zero-order valence-electron chi connectivity index (χ0n) is 31.2. The maximum atomic E-state index is 12.8. The number of hydrogen-bond donors (Lipinski definition) is 1. The number of carbonyl (C=O) groups is 4. The molecule has 1 saturated heterocycles. The van der Waals surface area contributed by atoms with Crippen molar-refractivity contribution in [3.05, 3.63) is 130 Å². The summed E-state index contributed by atoms with van der Waals surface area (Å²) < 4.78 is 16.5. The fourth-order valence-corrected chi connectivity index (χ4v) is 8.47. The Morgan fingerprint density at radius 1 is 0.673 bits per heavy atom. The average molecular weight is 744 g/mol. The number of carboxylic acid groups (broad SMARTS) is 1. The van der Waals surface area contributed by atoms with Gasteiger partial charge in [0.2, 0.25) is 0 Å². The molecule has 0 aromatic heterocycles. The lowest BCUT2D eigenvalue weighted by atomic mass is 9.86. The Kier molecular flexibility index (Phi) is 12.4. The molecule has 55 heavy (non-hydrogen) atoms. The van der Waals surface area contributed by atoms with E-state index in [0.29, 0.717) is 24.5 Å². The van der Waals surface area contributed by atoms with Gasteiger partial charge in [-0.3, -0.25) is 24.1 Å². The third-order valence-corrected chi connectivity index (χ3v) is 11.3. The number of carbonyl (C=O) groups excluding carboxylic acids is 3. The van der Waals surface area contributed by atoms with Crippen molar-refractivity contribution in [1.82, 2.24) is 4.90 Å². The highest BCUT2D eigenvalue weighted by molar-refractivity contribution is 5.90. The fourth-order valence-electron chi connectivity index (χ4n) is 8.47. The van der Waals surface area contributed by atoms with Crippen LogP contribution < -0.4 is 9.47 Å². The van der Waals surface area contributed by atoms with E-state index < -0.39 is 23.8 Å². The van der Waals surface area contributed by atoms with Crippen LogP contribution in [-0.4, -0.2) is 59.6 Å². The number of aryl methyl sites for hydroxylation is 1. The highest BCUT2D eigenvalue weighted by Gasteiger charge is 2.42.